The Morgan fingerprint density at radius 3 is 2.72 bits per heavy atom. The number of pyridine rings is 2. The molecule has 8 nitrogen and oxygen atoms in total. The van der Waals surface area contributed by atoms with Crippen molar-refractivity contribution in [3.05, 3.63) is 63.6 Å². The van der Waals surface area contributed by atoms with Crippen molar-refractivity contribution < 1.29 is 14.3 Å². The van der Waals surface area contributed by atoms with E-state index in [0.29, 0.717) is 34.6 Å². The summed E-state index contributed by atoms with van der Waals surface area (Å²) in [5, 5.41) is 4.36. The predicted molar refractivity (Wildman–Crippen MR) is 111 cm³/mol. The van der Waals surface area contributed by atoms with Gasteiger partial charge in [-0.1, -0.05) is 0 Å². The minimum absolute atomic E-state index is 0.00356. The summed E-state index contributed by atoms with van der Waals surface area (Å²) in [4.78, 5) is 29.8. The monoisotopic (exact) mass is 394 g/mol. The van der Waals surface area contributed by atoms with Gasteiger partial charge in [0.15, 0.2) is 0 Å². The lowest BCUT2D eigenvalue weighted by atomic mass is 10.1. The minimum atomic E-state index is -0.594. The molecule has 0 atom stereocenters. The molecule has 1 N–H and O–H groups in total. The normalized spacial score (nSPS) is 11.0. The Bertz CT molecular complexity index is 1150. The zero-order valence-electron chi connectivity index (χ0n) is 16.7. The molecule has 8 heteroatoms. The average molecular weight is 394 g/mol. The molecule has 0 saturated heterocycles. The van der Waals surface area contributed by atoms with Gasteiger partial charge in [-0.05, 0) is 38.1 Å². The van der Waals surface area contributed by atoms with Gasteiger partial charge in [-0.3, -0.25) is 9.59 Å². The summed E-state index contributed by atoms with van der Waals surface area (Å²) in [6.45, 7) is 4.34. The maximum atomic E-state index is 12.8. The Kier molecular flexibility index (Phi) is 5.92. The molecule has 0 aliphatic carbocycles. The lowest BCUT2D eigenvalue weighted by Crippen LogP contribution is -2.27. The van der Waals surface area contributed by atoms with Crippen LogP contribution >= 0.6 is 0 Å². The molecule has 0 saturated carbocycles. The van der Waals surface area contributed by atoms with Crippen molar-refractivity contribution in [1.29, 1.82) is 0 Å². The van der Waals surface area contributed by atoms with Gasteiger partial charge in [-0.2, -0.15) is 5.10 Å². The van der Waals surface area contributed by atoms with Crippen LogP contribution in [-0.4, -0.2) is 35.9 Å². The van der Waals surface area contributed by atoms with E-state index in [0.717, 1.165) is 5.69 Å². The number of nitrogens with zero attached hydrogens (tertiary/aromatic N) is 3. The average Bonchev–Trinajstić information content (AvgIpc) is 2.74. The third-order valence-corrected chi connectivity index (χ3v) is 4.46. The molecular formula is C21H22N4O4. The number of benzene rings is 1. The topological polar surface area (TPSA) is 94.8 Å². The first-order chi connectivity index (χ1) is 14.0. The molecule has 0 radical (unpaired) electrons. The SMILES string of the molecule is CCn1cc(C(=O)N/N=C/c2ccc(OC)cc2OC)c(=O)c2ccc(C)nc21. The summed E-state index contributed by atoms with van der Waals surface area (Å²) in [6, 6.07) is 8.65. The van der Waals surface area contributed by atoms with E-state index in [2.05, 4.69) is 15.5 Å². The first-order valence-electron chi connectivity index (χ1n) is 9.04. The molecule has 0 aliphatic rings. The molecule has 29 heavy (non-hydrogen) atoms. The second kappa shape index (κ2) is 8.55. The number of hydrogen-bond acceptors (Lipinski definition) is 6. The number of aromatic nitrogens is 2. The van der Waals surface area contributed by atoms with E-state index >= 15 is 0 Å². The first kappa shape index (κ1) is 20.1. The Morgan fingerprint density at radius 1 is 1.24 bits per heavy atom. The molecule has 150 valence electrons. The maximum absolute atomic E-state index is 12.8. The molecule has 0 bridgehead atoms. The van der Waals surface area contributed by atoms with E-state index < -0.39 is 5.91 Å². The van der Waals surface area contributed by atoms with Gasteiger partial charge < -0.3 is 14.0 Å². The van der Waals surface area contributed by atoms with Crippen LogP contribution in [-0.2, 0) is 6.54 Å². The number of methoxy groups -OCH3 is 2. The third kappa shape index (κ3) is 4.11. The van der Waals surface area contributed by atoms with E-state index in [4.69, 9.17) is 9.47 Å². The van der Waals surface area contributed by atoms with E-state index in [-0.39, 0.29) is 11.0 Å². The number of ether oxygens (including phenoxy) is 2. The Labute approximate surface area is 167 Å². The largest absolute Gasteiger partial charge is 0.497 e. The van der Waals surface area contributed by atoms with Crippen molar-refractivity contribution in [2.24, 2.45) is 5.10 Å². The van der Waals surface area contributed by atoms with Gasteiger partial charge in [0.25, 0.3) is 5.91 Å². The van der Waals surface area contributed by atoms with E-state index in [9.17, 15) is 9.59 Å². The van der Waals surface area contributed by atoms with Crippen LogP contribution in [0.2, 0.25) is 0 Å². The smallest absolute Gasteiger partial charge is 0.276 e. The second-order valence-electron chi connectivity index (χ2n) is 6.29. The number of rotatable bonds is 6. The Balaban J connectivity index is 1.89. The molecular weight excluding hydrogens is 372 g/mol. The number of nitrogens with one attached hydrogen (secondary N) is 1. The fraction of sp³-hybridized carbons (Fsp3) is 0.238. The molecule has 0 spiro atoms. The Hall–Kier alpha value is -3.68. The summed E-state index contributed by atoms with van der Waals surface area (Å²) in [5.41, 5.74) is 4.03. The number of hydrazone groups is 1. The Morgan fingerprint density at radius 2 is 2.03 bits per heavy atom. The fourth-order valence-corrected chi connectivity index (χ4v) is 2.91. The molecule has 3 aromatic rings. The molecule has 0 unspecified atom stereocenters. The second-order valence-corrected chi connectivity index (χ2v) is 6.29. The van der Waals surface area contributed by atoms with Crippen LogP contribution in [0.4, 0.5) is 0 Å². The van der Waals surface area contributed by atoms with Crippen molar-refractivity contribution >= 4 is 23.2 Å². The predicted octanol–water partition coefficient (Wildman–Crippen LogP) is 2.51. The molecule has 1 aromatic carbocycles. The fourth-order valence-electron chi connectivity index (χ4n) is 2.91. The molecule has 3 rings (SSSR count). The molecule has 2 heterocycles. The molecule has 0 fully saturated rings. The summed E-state index contributed by atoms with van der Waals surface area (Å²) < 4.78 is 12.2. The van der Waals surface area contributed by atoms with E-state index in [1.165, 1.54) is 19.5 Å². The molecule has 2 aromatic heterocycles. The lowest BCUT2D eigenvalue weighted by Gasteiger charge is -2.10. The van der Waals surface area contributed by atoms with Crippen molar-refractivity contribution in [1.82, 2.24) is 15.0 Å². The molecule has 0 aliphatic heterocycles. The number of aryl methyl sites for hydroxylation is 2. The quantitative estimate of drug-likeness (QED) is 0.512. The van der Waals surface area contributed by atoms with Crippen LogP contribution in [0.3, 0.4) is 0 Å². The van der Waals surface area contributed by atoms with Gasteiger partial charge in [0.1, 0.15) is 22.7 Å². The van der Waals surface area contributed by atoms with Crippen LogP contribution in [0.15, 0.2) is 46.4 Å². The maximum Gasteiger partial charge on any atom is 0.276 e. The highest BCUT2D eigenvalue weighted by Crippen LogP contribution is 2.23. The van der Waals surface area contributed by atoms with Crippen molar-refractivity contribution in [3.63, 3.8) is 0 Å². The van der Waals surface area contributed by atoms with Crippen LogP contribution < -0.4 is 20.3 Å². The number of carbonyl (C=O) groups is 1. The highest BCUT2D eigenvalue weighted by molar-refractivity contribution is 5.97. The standard InChI is InChI=1S/C21H22N4O4/c1-5-25-12-17(19(26)16-9-6-13(2)23-20(16)25)21(27)24-22-11-14-7-8-15(28-3)10-18(14)29-4/h6-12H,5H2,1-4H3,(H,24,27)/b22-11+. The minimum Gasteiger partial charge on any atom is -0.497 e. The van der Waals surface area contributed by atoms with Gasteiger partial charge in [0.2, 0.25) is 5.43 Å². The van der Waals surface area contributed by atoms with Gasteiger partial charge in [-0.15, -0.1) is 0 Å². The van der Waals surface area contributed by atoms with Crippen molar-refractivity contribution in [2.75, 3.05) is 14.2 Å². The van der Waals surface area contributed by atoms with Gasteiger partial charge >= 0.3 is 0 Å². The zero-order chi connectivity index (χ0) is 21.0. The van der Waals surface area contributed by atoms with E-state index in [1.807, 2.05) is 13.8 Å². The van der Waals surface area contributed by atoms with Crippen LogP contribution in [0, 0.1) is 6.92 Å². The summed E-state index contributed by atoms with van der Waals surface area (Å²) >= 11 is 0. The van der Waals surface area contributed by atoms with Gasteiger partial charge in [-0.25, -0.2) is 10.4 Å². The lowest BCUT2D eigenvalue weighted by molar-refractivity contribution is 0.0953. The highest BCUT2D eigenvalue weighted by Gasteiger charge is 2.15. The zero-order valence-corrected chi connectivity index (χ0v) is 16.7. The van der Waals surface area contributed by atoms with Gasteiger partial charge in [0.05, 0.1) is 25.8 Å². The highest BCUT2D eigenvalue weighted by atomic mass is 16.5. The van der Waals surface area contributed by atoms with Gasteiger partial charge in [0, 0.05) is 30.1 Å². The first-order valence-corrected chi connectivity index (χ1v) is 9.04. The van der Waals surface area contributed by atoms with Crippen molar-refractivity contribution in [3.8, 4) is 11.5 Å². The number of fused-ring (bicyclic) bond motifs is 1. The number of hydrogen-bond donors (Lipinski definition) is 1. The summed E-state index contributed by atoms with van der Waals surface area (Å²) in [7, 11) is 3.09. The van der Waals surface area contributed by atoms with Crippen molar-refractivity contribution in [2.45, 2.75) is 20.4 Å². The number of amides is 1. The number of carbonyl (C=O) groups excluding carboxylic acids is 1. The summed E-state index contributed by atoms with van der Waals surface area (Å²) in [6.07, 6.45) is 2.95. The van der Waals surface area contributed by atoms with Crippen LogP contribution in [0.25, 0.3) is 11.0 Å². The van der Waals surface area contributed by atoms with Crippen LogP contribution in [0.5, 0.6) is 11.5 Å². The van der Waals surface area contributed by atoms with Crippen LogP contribution in [0.1, 0.15) is 28.5 Å². The third-order valence-electron chi connectivity index (χ3n) is 4.46. The summed E-state index contributed by atoms with van der Waals surface area (Å²) in [5.74, 6) is 0.592. The van der Waals surface area contributed by atoms with E-state index in [1.54, 1.807) is 42.0 Å². The molecule has 1 amide bonds.